The molecule has 1 aliphatic carbocycles. The minimum absolute atomic E-state index is 0.523. The first kappa shape index (κ1) is 7.03. The molecule has 1 aliphatic rings. The van der Waals surface area contributed by atoms with Gasteiger partial charge in [-0.3, -0.25) is 0 Å². The standard InChI is InChI=1S/C7H15NO/c1-3-8-6-5-7(6)9-4-2/h6-8H,3-5H2,1-2H3. The summed E-state index contributed by atoms with van der Waals surface area (Å²) in [4.78, 5) is 0. The van der Waals surface area contributed by atoms with E-state index in [1.807, 2.05) is 6.92 Å². The molecule has 0 bridgehead atoms. The second-order valence-electron chi connectivity index (χ2n) is 2.39. The summed E-state index contributed by atoms with van der Waals surface area (Å²) in [5, 5.41) is 3.33. The fourth-order valence-electron chi connectivity index (χ4n) is 1.05. The van der Waals surface area contributed by atoms with Crippen LogP contribution in [0.2, 0.25) is 0 Å². The summed E-state index contributed by atoms with van der Waals surface area (Å²) in [6, 6.07) is 0.662. The van der Waals surface area contributed by atoms with Gasteiger partial charge in [-0.2, -0.15) is 0 Å². The first-order chi connectivity index (χ1) is 4.38. The molecule has 2 heteroatoms. The normalized spacial score (nSPS) is 32.7. The molecule has 2 atom stereocenters. The lowest BCUT2D eigenvalue weighted by molar-refractivity contribution is 0.125. The van der Waals surface area contributed by atoms with Gasteiger partial charge in [-0.1, -0.05) is 6.92 Å². The van der Waals surface area contributed by atoms with Gasteiger partial charge in [-0.05, 0) is 19.9 Å². The van der Waals surface area contributed by atoms with Crippen LogP contribution in [0.5, 0.6) is 0 Å². The van der Waals surface area contributed by atoms with Gasteiger partial charge in [0.25, 0.3) is 0 Å². The molecule has 1 rings (SSSR count). The van der Waals surface area contributed by atoms with Crippen LogP contribution in [0.3, 0.4) is 0 Å². The highest BCUT2D eigenvalue weighted by Gasteiger charge is 2.36. The third kappa shape index (κ3) is 1.95. The Morgan fingerprint density at radius 3 is 2.89 bits per heavy atom. The summed E-state index contributed by atoms with van der Waals surface area (Å²) in [5.41, 5.74) is 0. The van der Waals surface area contributed by atoms with E-state index in [2.05, 4.69) is 12.2 Å². The van der Waals surface area contributed by atoms with Crippen molar-refractivity contribution >= 4 is 0 Å². The Bertz CT molecular complexity index is 75.0. The van der Waals surface area contributed by atoms with Crippen molar-refractivity contribution in [2.24, 2.45) is 0 Å². The summed E-state index contributed by atoms with van der Waals surface area (Å²) < 4.78 is 5.36. The van der Waals surface area contributed by atoms with Gasteiger partial charge in [0.15, 0.2) is 0 Å². The Morgan fingerprint density at radius 2 is 2.33 bits per heavy atom. The molecule has 1 saturated carbocycles. The number of likely N-dealkylation sites (N-methyl/N-ethyl adjacent to an activating group) is 1. The predicted molar refractivity (Wildman–Crippen MR) is 37.5 cm³/mol. The molecule has 1 N–H and O–H groups in total. The smallest absolute Gasteiger partial charge is 0.0744 e. The van der Waals surface area contributed by atoms with E-state index in [1.54, 1.807) is 0 Å². The number of rotatable bonds is 4. The monoisotopic (exact) mass is 129 g/mol. The SMILES string of the molecule is CCNC1CC1OCC. The van der Waals surface area contributed by atoms with E-state index in [0.717, 1.165) is 13.2 Å². The highest BCUT2D eigenvalue weighted by atomic mass is 16.5. The van der Waals surface area contributed by atoms with Crippen molar-refractivity contribution in [1.29, 1.82) is 0 Å². The first-order valence-corrected chi connectivity index (χ1v) is 3.73. The fourth-order valence-corrected chi connectivity index (χ4v) is 1.05. The Hall–Kier alpha value is -0.0800. The maximum absolute atomic E-state index is 5.36. The molecular weight excluding hydrogens is 114 g/mol. The number of hydrogen-bond donors (Lipinski definition) is 1. The van der Waals surface area contributed by atoms with Crippen molar-refractivity contribution in [2.75, 3.05) is 13.2 Å². The van der Waals surface area contributed by atoms with E-state index in [-0.39, 0.29) is 0 Å². The molecule has 0 amide bonds. The quantitative estimate of drug-likeness (QED) is 0.605. The van der Waals surface area contributed by atoms with Gasteiger partial charge >= 0.3 is 0 Å². The molecule has 2 nitrogen and oxygen atoms in total. The van der Waals surface area contributed by atoms with Crippen LogP contribution in [0, 0.1) is 0 Å². The minimum atomic E-state index is 0.523. The van der Waals surface area contributed by atoms with Crippen LogP contribution in [0.4, 0.5) is 0 Å². The molecule has 0 aromatic rings. The summed E-state index contributed by atoms with van der Waals surface area (Å²) >= 11 is 0. The zero-order valence-corrected chi connectivity index (χ0v) is 6.18. The van der Waals surface area contributed by atoms with Gasteiger partial charge < -0.3 is 10.1 Å². The summed E-state index contributed by atoms with van der Waals surface area (Å²) in [6.45, 7) is 6.09. The zero-order chi connectivity index (χ0) is 6.69. The van der Waals surface area contributed by atoms with Crippen molar-refractivity contribution in [3.63, 3.8) is 0 Å². The second-order valence-corrected chi connectivity index (χ2v) is 2.39. The van der Waals surface area contributed by atoms with E-state index in [0.29, 0.717) is 12.1 Å². The highest BCUT2D eigenvalue weighted by Crippen LogP contribution is 2.24. The van der Waals surface area contributed by atoms with Gasteiger partial charge in [-0.25, -0.2) is 0 Å². The maximum Gasteiger partial charge on any atom is 0.0744 e. The van der Waals surface area contributed by atoms with Crippen LogP contribution in [0.1, 0.15) is 20.3 Å². The van der Waals surface area contributed by atoms with E-state index < -0.39 is 0 Å². The van der Waals surface area contributed by atoms with Crippen molar-refractivity contribution in [3.8, 4) is 0 Å². The third-order valence-corrected chi connectivity index (χ3v) is 1.58. The van der Waals surface area contributed by atoms with Gasteiger partial charge in [0.1, 0.15) is 0 Å². The van der Waals surface area contributed by atoms with Gasteiger partial charge in [0.2, 0.25) is 0 Å². The first-order valence-electron chi connectivity index (χ1n) is 3.73. The molecule has 0 aromatic carbocycles. The minimum Gasteiger partial charge on any atom is -0.377 e. The average molecular weight is 129 g/mol. The number of ether oxygens (including phenoxy) is 1. The summed E-state index contributed by atoms with van der Waals surface area (Å²) in [7, 11) is 0. The molecule has 0 saturated heterocycles. The van der Waals surface area contributed by atoms with E-state index in [9.17, 15) is 0 Å². The van der Waals surface area contributed by atoms with Gasteiger partial charge in [0.05, 0.1) is 6.10 Å². The lowest BCUT2D eigenvalue weighted by Crippen LogP contribution is -2.19. The molecule has 9 heavy (non-hydrogen) atoms. The Balaban J connectivity index is 1.96. The molecule has 1 fully saturated rings. The Morgan fingerprint density at radius 1 is 1.56 bits per heavy atom. The summed E-state index contributed by atoms with van der Waals surface area (Å²) in [6.07, 6.45) is 1.73. The number of nitrogens with one attached hydrogen (secondary N) is 1. The molecule has 0 radical (unpaired) electrons. The molecule has 0 aliphatic heterocycles. The Labute approximate surface area is 56.6 Å². The lowest BCUT2D eigenvalue weighted by atomic mass is 10.6. The number of hydrogen-bond acceptors (Lipinski definition) is 2. The van der Waals surface area contributed by atoms with Crippen LogP contribution in [-0.2, 0) is 4.74 Å². The molecule has 0 heterocycles. The molecular formula is C7H15NO. The summed E-state index contributed by atoms with van der Waals surface area (Å²) in [5.74, 6) is 0. The van der Waals surface area contributed by atoms with Crippen molar-refractivity contribution in [1.82, 2.24) is 5.32 Å². The molecule has 54 valence electrons. The van der Waals surface area contributed by atoms with Gasteiger partial charge in [-0.15, -0.1) is 0 Å². The predicted octanol–water partition coefficient (Wildman–Crippen LogP) is 0.773. The van der Waals surface area contributed by atoms with Crippen molar-refractivity contribution in [3.05, 3.63) is 0 Å². The van der Waals surface area contributed by atoms with E-state index in [4.69, 9.17) is 4.74 Å². The molecule has 0 aromatic heterocycles. The van der Waals surface area contributed by atoms with E-state index >= 15 is 0 Å². The lowest BCUT2D eigenvalue weighted by Gasteiger charge is -1.98. The largest absolute Gasteiger partial charge is 0.377 e. The van der Waals surface area contributed by atoms with Crippen LogP contribution < -0.4 is 5.32 Å². The van der Waals surface area contributed by atoms with Crippen LogP contribution >= 0.6 is 0 Å². The van der Waals surface area contributed by atoms with Crippen LogP contribution in [0.15, 0.2) is 0 Å². The highest BCUT2D eigenvalue weighted by molar-refractivity contribution is 4.94. The fraction of sp³-hybridized carbons (Fsp3) is 1.00. The van der Waals surface area contributed by atoms with E-state index in [1.165, 1.54) is 6.42 Å². The molecule has 2 unspecified atom stereocenters. The van der Waals surface area contributed by atoms with Crippen LogP contribution in [0.25, 0.3) is 0 Å². The third-order valence-electron chi connectivity index (χ3n) is 1.58. The average Bonchev–Trinajstić information content (AvgIpc) is 2.50. The topological polar surface area (TPSA) is 21.3 Å². The van der Waals surface area contributed by atoms with Gasteiger partial charge in [0, 0.05) is 12.6 Å². The van der Waals surface area contributed by atoms with Crippen molar-refractivity contribution < 1.29 is 4.74 Å². The van der Waals surface area contributed by atoms with Crippen LogP contribution in [-0.4, -0.2) is 25.3 Å². The maximum atomic E-state index is 5.36. The molecule has 0 spiro atoms. The second kappa shape index (κ2) is 3.18. The zero-order valence-electron chi connectivity index (χ0n) is 6.18. The van der Waals surface area contributed by atoms with Crippen molar-refractivity contribution in [2.45, 2.75) is 32.4 Å². The Kier molecular flexibility index (Phi) is 2.49.